The smallest absolute Gasteiger partial charge is 0.162 e. The Kier molecular flexibility index (Phi) is 3.88. The molecule has 0 N–H and O–H groups in total. The van der Waals surface area contributed by atoms with Crippen LogP contribution in [0.5, 0.6) is 0 Å². The van der Waals surface area contributed by atoms with Gasteiger partial charge in [0, 0.05) is 29.1 Å². The zero-order chi connectivity index (χ0) is 15.6. The maximum Gasteiger partial charge on any atom is 0.162 e. The Hall–Kier alpha value is -2.13. The Bertz CT molecular complexity index is 824. The van der Waals surface area contributed by atoms with Crippen LogP contribution in [0.15, 0.2) is 48.5 Å². The average Bonchev–Trinajstić information content (AvgIpc) is 2.62. The molecule has 116 valence electrons. The first kappa shape index (κ1) is 14.5. The SMILES string of the molecule is Clc1ccc(-c2nc(N3CCCCC3)c3ccccc3n2)cc1. The summed E-state index contributed by atoms with van der Waals surface area (Å²) in [5.41, 5.74) is 1.99. The molecule has 0 radical (unpaired) electrons. The monoisotopic (exact) mass is 323 g/mol. The summed E-state index contributed by atoms with van der Waals surface area (Å²) < 4.78 is 0. The fraction of sp³-hybridized carbons (Fsp3) is 0.263. The minimum atomic E-state index is 0.728. The van der Waals surface area contributed by atoms with Crippen LogP contribution >= 0.6 is 11.6 Å². The maximum atomic E-state index is 6.00. The molecule has 1 aliphatic rings. The average molecular weight is 324 g/mol. The number of fused-ring (bicyclic) bond motifs is 1. The van der Waals surface area contributed by atoms with Crippen molar-refractivity contribution < 1.29 is 0 Å². The Morgan fingerprint density at radius 2 is 1.57 bits per heavy atom. The topological polar surface area (TPSA) is 29.0 Å². The lowest BCUT2D eigenvalue weighted by molar-refractivity contribution is 0.575. The van der Waals surface area contributed by atoms with E-state index in [0.717, 1.165) is 46.2 Å². The molecule has 1 aromatic heterocycles. The molecule has 2 aromatic carbocycles. The van der Waals surface area contributed by atoms with Gasteiger partial charge in [0.2, 0.25) is 0 Å². The zero-order valence-electron chi connectivity index (χ0n) is 12.9. The Labute approximate surface area is 140 Å². The molecule has 1 saturated heterocycles. The van der Waals surface area contributed by atoms with E-state index in [1.165, 1.54) is 19.3 Å². The first-order valence-electron chi connectivity index (χ1n) is 8.09. The minimum absolute atomic E-state index is 0.728. The molecule has 0 aliphatic carbocycles. The van der Waals surface area contributed by atoms with Crippen LogP contribution < -0.4 is 4.90 Å². The fourth-order valence-electron chi connectivity index (χ4n) is 3.13. The van der Waals surface area contributed by atoms with Gasteiger partial charge in [-0.1, -0.05) is 23.7 Å². The van der Waals surface area contributed by atoms with E-state index in [4.69, 9.17) is 21.6 Å². The van der Waals surface area contributed by atoms with Crippen molar-refractivity contribution in [3.05, 3.63) is 53.6 Å². The molecule has 4 heteroatoms. The molecule has 3 nitrogen and oxygen atoms in total. The van der Waals surface area contributed by atoms with Gasteiger partial charge in [0.25, 0.3) is 0 Å². The Morgan fingerprint density at radius 3 is 2.35 bits per heavy atom. The van der Waals surface area contributed by atoms with Crippen molar-refractivity contribution in [2.75, 3.05) is 18.0 Å². The molecule has 0 saturated carbocycles. The number of piperidine rings is 1. The highest BCUT2D eigenvalue weighted by molar-refractivity contribution is 6.30. The van der Waals surface area contributed by atoms with E-state index < -0.39 is 0 Å². The summed E-state index contributed by atoms with van der Waals surface area (Å²) in [6, 6.07) is 16.0. The molecule has 0 unspecified atom stereocenters. The number of hydrogen-bond donors (Lipinski definition) is 0. The van der Waals surface area contributed by atoms with Crippen LogP contribution in [-0.4, -0.2) is 23.1 Å². The molecule has 0 bridgehead atoms. The third kappa shape index (κ3) is 2.89. The molecule has 0 spiro atoms. The second-order valence-corrected chi connectivity index (χ2v) is 6.38. The van der Waals surface area contributed by atoms with Crippen molar-refractivity contribution in [2.45, 2.75) is 19.3 Å². The highest BCUT2D eigenvalue weighted by Crippen LogP contribution is 2.29. The van der Waals surface area contributed by atoms with E-state index in [-0.39, 0.29) is 0 Å². The van der Waals surface area contributed by atoms with Gasteiger partial charge in [-0.3, -0.25) is 0 Å². The van der Waals surface area contributed by atoms with Gasteiger partial charge in [-0.15, -0.1) is 0 Å². The van der Waals surface area contributed by atoms with Crippen molar-refractivity contribution in [3.8, 4) is 11.4 Å². The van der Waals surface area contributed by atoms with Crippen molar-refractivity contribution in [2.24, 2.45) is 0 Å². The first-order valence-corrected chi connectivity index (χ1v) is 8.47. The van der Waals surface area contributed by atoms with E-state index in [9.17, 15) is 0 Å². The van der Waals surface area contributed by atoms with Gasteiger partial charge in [-0.25, -0.2) is 9.97 Å². The second-order valence-electron chi connectivity index (χ2n) is 5.94. The molecule has 0 amide bonds. The highest BCUT2D eigenvalue weighted by Gasteiger charge is 2.17. The first-order chi connectivity index (χ1) is 11.3. The zero-order valence-corrected chi connectivity index (χ0v) is 13.6. The highest BCUT2D eigenvalue weighted by atomic mass is 35.5. The summed E-state index contributed by atoms with van der Waals surface area (Å²) in [5.74, 6) is 1.82. The number of rotatable bonds is 2. The molecule has 3 aromatic rings. The van der Waals surface area contributed by atoms with Crippen LogP contribution in [0.4, 0.5) is 5.82 Å². The second kappa shape index (κ2) is 6.17. The Balaban J connectivity index is 1.87. The number of para-hydroxylation sites is 1. The van der Waals surface area contributed by atoms with Gasteiger partial charge < -0.3 is 4.90 Å². The predicted molar refractivity (Wildman–Crippen MR) is 96.0 cm³/mol. The van der Waals surface area contributed by atoms with Crippen LogP contribution in [0.3, 0.4) is 0 Å². The van der Waals surface area contributed by atoms with Gasteiger partial charge in [-0.05, 0) is 55.7 Å². The largest absolute Gasteiger partial charge is 0.356 e. The third-order valence-electron chi connectivity index (χ3n) is 4.34. The molecule has 1 fully saturated rings. The van der Waals surface area contributed by atoms with Crippen LogP contribution in [0.2, 0.25) is 5.02 Å². The van der Waals surface area contributed by atoms with Crippen LogP contribution in [0.25, 0.3) is 22.3 Å². The van der Waals surface area contributed by atoms with Crippen LogP contribution in [0, 0.1) is 0 Å². The number of nitrogens with zero attached hydrogens (tertiary/aromatic N) is 3. The summed E-state index contributed by atoms with van der Waals surface area (Å²) in [4.78, 5) is 12.0. The van der Waals surface area contributed by atoms with Gasteiger partial charge in [0.1, 0.15) is 5.82 Å². The molecule has 4 rings (SSSR count). The summed E-state index contributed by atoms with van der Waals surface area (Å²) in [5, 5.41) is 1.86. The standard InChI is InChI=1S/C19H18ClN3/c20-15-10-8-14(9-11-15)18-21-17-7-3-2-6-16(17)19(22-18)23-12-4-1-5-13-23/h2-3,6-11H,1,4-5,12-13H2. The number of hydrogen-bond acceptors (Lipinski definition) is 3. The van der Waals surface area contributed by atoms with Gasteiger partial charge in [0.05, 0.1) is 5.52 Å². The Morgan fingerprint density at radius 1 is 0.826 bits per heavy atom. The molecule has 23 heavy (non-hydrogen) atoms. The molecule has 1 aliphatic heterocycles. The van der Waals surface area contributed by atoms with E-state index in [1.54, 1.807) is 0 Å². The molecular weight excluding hydrogens is 306 g/mol. The molecule has 2 heterocycles. The predicted octanol–water partition coefficient (Wildman–Crippen LogP) is 4.94. The fourth-order valence-corrected chi connectivity index (χ4v) is 3.26. The van der Waals surface area contributed by atoms with Gasteiger partial charge in [0.15, 0.2) is 5.82 Å². The summed E-state index contributed by atoms with van der Waals surface area (Å²) in [7, 11) is 0. The third-order valence-corrected chi connectivity index (χ3v) is 4.59. The van der Waals surface area contributed by atoms with Crippen molar-refractivity contribution in [1.82, 2.24) is 9.97 Å². The number of benzene rings is 2. The number of halogens is 1. The van der Waals surface area contributed by atoms with Crippen molar-refractivity contribution in [3.63, 3.8) is 0 Å². The van der Waals surface area contributed by atoms with E-state index >= 15 is 0 Å². The molecular formula is C19H18ClN3. The van der Waals surface area contributed by atoms with Gasteiger partial charge >= 0.3 is 0 Å². The van der Waals surface area contributed by atoms with Crippen LogP contribution in [-0.2, 0) is 0 Å². The van der Waals surface area contributed by atoms with Crippen LogP contribution in [0.1, 0.15) is 19.3 Å². The van der Waals surface area contributed by atoms with E-state index in [0.29, 0.717) is 0 Å². The van der Waals surface area contributed by atoms with Crippen molar-refractivity contribution >= 4 is 28.3 Å². The van der Waals surface area contributed by atoms with Gasteiger partial charge in [-0.2, -0.15) is 0 Å². The lowest BCUT2D eigenvalue weighted by Gasteiger charge is -2.29. The maximum absolute atomic E-state index is 6.00. The normalized spacial score (nSPS) is 15.1. The molecule has 0 atom stereocenters. The summed E-state index contributed by atoms with van der Waals surface area (Å²) in [6.07, 6.45) is 3.77. The van der Waals surface area contributed by atoms with Crippen molar-refractivity contribution in [1.29, 1.82) is 0 Å². The lowest BCUT2D eigenvalue weighted by Crippen LogP contribution is -2.30. The minimum Gasteiger partial charge on any atom is -0.356 e. The van der Waals surface area contributed by atoms with E-state index in [2.05, 4.69) is 23.1 Å². The number of aromatic nitrogens is 2. The van der Waals surface area contributed by atoms with E-state index in [1.807, 2.05) is 30.3 Å². The quantitative estimate of drug-likeness (QED) is 0.669. The summed E-state index contributed by atoms with van der Waals surface area (Å²) >= 11 is 6.00. The lowest BCUT2D eigenvalue weighted by atomic mass is 10.1. The number of anilines is 1. The summed E-state index contributed by atoms with van der Waals surface area (Å²) in [6.45, 7) is 2.14.